The van der Waals surface area contributed by atoms with E-state index in [0.29, 0.717) is 11.1 Å². The summed E-state index contributed by atoms with van der Waals surface area (Å²) in [7, 11) is 0. The van der Waals surface area contributed by atoms with E-state index in [1.54, 1.807) is 31.2 Å². The molecular weight excluding hydrogens is 234 g/mol. The third kappa shape index (κ3) is 2.45. The molecule has 0 spiro atoms. The number of hydrogen-bond acceptors (Lipinski definition) is 1. The van der Waals surface area contributed by atoms with Gasteiger partial charge in [0.15, 0.2) is 0 Å². The highest BCUT2D eigenvalue weighted by Crippen LogP contribution is 2.26. The van der Waals surface area contributed by atoms with E-state index in [9.17, 15) is 13.6 Å². The minimum Gasteiger partial charge on any atom is -0.298 e. The molecule has 0 saturated heterocycles. The van der Waals surface area contributed by atoms with Crippen molar-refractivity contribution < 1.29 is 13.6 Å². The Morgan fingerprint density at radius 3 is 2.33 bits per heavy atom. The van der Waals surface area contributed by atoms with Crippen LogP contribution in [0.25, 0.3) is 0 Å². The maximum Gasteiger partial charge on any atom is 0.150 e. The van der Waals surface area contributed by atoms with Crippen molar-refractivity contribution in [3.8, 4) is 0 Å². The largest absolute Gasteiger partial charge is 0.298 e. The Balaban J connectivity index is 2.37. The van der Waals surface area contributed by atoms with E-state index in [2.05, 4.69) is 0 Å². The molecule has 0 heterocycles. The third-order valence-corrected chi connectivity index (χ3v) is 3.00. The molecule has 1 unspecified atom stereocenters. The van der Waals surface area contributed by atoms with Crippen molar-refractivity contribution in [3.05, 3.63) is 70.8 Å². The van der Waals surface area contributed by atoms with Gasteiger partial charge in [-0.15, -0.1) is 0 Å². The number of benzene rings is 2. The first-order valence-corrected chi connectivity index (χ1v) is 5.62. The van der Waals surface area contributed by atoms with Gasteiger partial charge in [-0.25, -0.2) is 8.78 Å². The Hall–Kier alpha value is -2.03. The van der Waals surface area contributed by atoms with Gasteiger partial charge < -0.3 is 0 Å². The first-order valence-electron chi connectivity index (χ1n) is 5.62. The van der Waals surface area contributed by atoms with Gasteiger partial charge in [0.2, 0.25) is 0 Å². The maximum atomic E-state index is 13.6. The summed E-state index contributed by atoms with van der Waals surface area (Å²) in [6.45, 7) is 1.80. The molecule has 0 radical (unpaired) electrons. The van der Waals surface area contributed by atoms with Crippen LogP contribution in [0.3, 0.4) is 0 Å². The van der Waals surface area contributed by atoms with Crippen molar-refractivity contribution in [2.45, 2.75) is 12.8 Å². The smallest absolute Gasteiger partial charge is 0.150 e. The van der Waals surface area contributed by atoms with Crippen LogP contribution >= 0.6 is 0 Å². The molecule has 0 amide bonds. The molecule has 0 aliphatic carbocycles. The summed E-state index contributed by atoms with van der Waals surface area (Å²) in [6, 6.07) is 10.2. The predicted octanol–water partition coefficient (Wildman–Crippen LogP) is 3.93. The molecule has 0 fully saturated rings. The first kappa shape index (κ1) is 12.4. The zero-order valence-corrected chi connectivity index (χ0v) is 9.86. The van der Waals surface area contributed by atoms with Gasteiger partial charge in [0, 0.05) is 11.5 Å². The van der Waals surface area contributed by atoms with Gasteiger partial charge in [0.25, 0.3) is 0 Å². The van der Waals surface area contributed by atoms with Crippen molar-refractivity contribution in [1.29, 1.82) is 0 Å². The fraction of sp³-hybridized carbons (Fsp3) is 0.133. The van der Waals surface area contributed by atoms with Crippen LogP contribution in [0.5, 0.6) is 0 Å². The van der Waals surface area contributed by atoms with E-state index in [4.69, 9.17) is 0 Å². The lowest BCUT2D eigenvalue weighted by Crippen LogP contribution is -2.00. The highest BCUT2D eigenvalue weighted by molar-refractivity contribution is 5.74. The average Bonchev–Trinajstić information content (AvgIpc) is 2.41. The molecule has 0 saturated carbocycles. The van der Waals surface area contributed by atoms with Gasteiger partial charge in [-0.05, 0) is 29.3 Å². The lowest BCUT2D eigenvalue weighted by Gasteiger charge is -2.13. The molecule has 18 heavy (non-hydrogen) atoms. The van der Waals surface area contributed by atoms with Crippen molar-refractivity contribution in [1.82, 2.24) is 0 Å². The zero-order valence-electron chi connectivity index (χ0n) is 9.86. The van der Waals surface area contributed by atoms with Crippen LogP contribution in [0.1, 0.15) is 34.3 Å². The molecule has 92 valence electrons. The second-order valence-electron chi connectivity index (χ2n) is 4.17. The monoisotopic (exact) mass is 246 g/mol. The van der Waals surface area contributed by atoms with Gasteiger partial charge in [0.1, 0.15) is 17.9 Å². The molecule has 0 bridgehead atoms. The second-order valence-corrected chi connectivity index (χ2v) is 4.17. The Labute approximate surface area is 104 Å². The number of carbonyl (C=O) groups excluding carboxylic acids is 1. The summed E-state index contributed by atoms with van der Waals surface area (Å²) in [5.74, 6) is -1.15. The van der Waals surface area contributed by atoms with Crippen LogP contribution in [-0.4, -0.2) is 6.29 Å². The third-order valence-electron chi connectivity index (χ3n) is 3.00. The molecule has 0 aromatic heterocycles. The zero-order chi connectivity index (χ0) is 13.1. The van der Waals surface area contributed by atoms with Gasteiger partial charge in [0.05, 0.1) is 0 Å². The Morgan fingerprint density at radius 1 is 1.06 bits per heavy atom. The lowest BCUT2D eigenvalue weighted by atomic mass is 9.92. The predicted molar refractivity (Wildman–Crippen MR) is 65.7 cm³/mol. The fourth-order valence-corrected chi connectivity index (χ4v) is 1.89. The maximum absolute atomic E-state index is 13.6. The van der Waals surface area contributed by atoms with Gasteiger partial charge >= 0.3 is 0 Å². The Kier molecular flexibility index (Phi) is 3.51. The Morgan fingerprint density at radius 2 is 1.72 bits per heavy atom. The Bertz CT molecular complexity index is 561. The highest BCUT2D eigenvalue weighted by Gasteiger charge is 2.13. The number of carbonyl (C=O) groups is 1. The minimum absolute atomic E-state index is 0.263. The van der Waals surface area contributed by atoms with E-state index in [1.165, 1.54) is 6.07 Å². The molecule has 0 aliphatic heterocycles. The van der Waals surface area contributed by atoms with Crippen molar-refractivity contribution in [2.24, 2.45) is 0 Å². The normalized spacial score (nSPS) is 12.2. The number of rotatable bonds is 3. The van der Waals surface area contributed by atoms with Crippen LogP contribution in [0.2, 0.25) is 0 Å². The van der Waals surface area contributed by atoms with E-state index in [-0.39, 0.29) is 5.92 Å². The number of halogens is 2. The number of aldehydes is 1. The summed E-state index contributed by atoms with van der Waals surface area (Å²) in [5.41, 5.74) is 1.71. The van der Waals surface area contributed by atoms with Crippen molar-refractivity contribution in [3.63, 3.8) is 0 Å². The first-order chi connectivity index (χ1) is 8.61. The molecule has 1 nitrogen and oxygen atoms in total. The molecule has 3 heteroatoms. The standard InChI is InChI=1S/C15H12F2O/c1-10(12-4-2-11(9-18)3-5-12)14-8-13(16)6-7-15(14)17/h2-10H,1H3. The summed E-state index contributed by atoms with van der Waals surface area (Å²) in [4.78, 5) is 10.5. The molecule has 2 aromatic carbocycles. The quantitative estimate of drug-likeness (QED) is 0.750. The second kappa shape index (κ2) is 5.08. The SMILES string of the molecule is CC(c1ccc(C=O)cc1)c1cc(F)ccc1F. The fourth-order valence-electron chi connectivity index (χ4n) is 1.89. The van der Waals surface area contributed by atoms with Crippen LogP contribution in [0.15, 0.2) is 42.5 Å². The molecule has 1 atom stereocenters. The van der Waals surface area contributed by atoms with E-state index < -0.39 is 11.6 Å². The summed E-state index contributed by atoms with van der Waals surface area (Å²) in [5, 5.41) is 0. The summed E-state index contributed by atoms with van der Waals surface area (Å²) in [6.07, 6.45) is 0.747. The minimum atomic E-state index is -0.456. The van der Waals surface area contributed by atoms with E-state index in [1.807, 2.05) is 0 Å². The van der Waals surface area contributed by atoms with Crippen LogP contribution in [-0.2, 0) is 0 Å². The van der Waals surface area contributed by atoms with Gasteiger partial charge in [-0.2, -0.15) is 0 Å². The van der Waals surface area contributed by atoms with Crippen LogP contribution in [0.4, 0.5) is 8.78 Å². The van der Waals surface area contributed by atoms with Crippen molar-refractivity contribution in [2.75, 3.05) is 0 Å². The highest BCUT2D eigenvalue weighted by atomic mass is 19.1. The van der Waals surface area contributed by atoms with Crippen LogP contribution in [0, 0.1) is 11.6 Å². The molecular formula is C15H12F2O. The number of hydrogen-bond donors (Lipinski definition) is 0. The summed E-state index contributed by atoms with van der Waals surface area (Å²) < 4.78 is 26.8. The van der Waals surface area contributed by atoms with Crippen molar-refractivity contribution >= 4 is 6.29 Å². The van der Waals surface area contributed by atoms with Gasteiger partial charge in [-0.1, -0.05) is 31.2 Å². The van der Waals surface area contributed by atoms with Gasteiger partial charge in [-0.3, -0.25) is 4.79 Å². The topological polar surface area (TPSA) is 17.1 Å². The molecule has 0 aliphatic rings. The molecule has 2 aromatic rings. The molecule has 0 N–H and O–H groups in total. The lowest BCUT2D eigenvalue weighted by molar-refractivity contribution is 0.112. The molecule has 2 rings (SSSR count). The summed E-state index contributed by atoms with van der Waals surface area (Å²) >= 11 is 0. The van der Waals surface area contributed by atoms with E-state index >= 15 is 0 Å². The van der Waals surface area contributed by atoms with Crippen LogP contribution < -0.4 is 0 Å². The average molecular weight is 246 g/mol. The van der Waals surface area contributed by atoms with E-state index in [0.717, 1.165) is 24.0 Å².